The normalized spacial score (nSPS) is 23.1. The predicted molar refractivity (Wildman–Crippen MR) is 124 cm³/mol. The van der Waals surface area contributed by atoms with E-state index >= 15 is 0 Å². The molecule has 3 aliphatic heterocycles. The van der Waals surface area contributed by atoms with Crippen LogP contribution < -0.4 is 10.2 Å². The molecular weight excluding hydrogens is 420 g/mol. The molecule has 1 aromatic rings. The zero-order valence-electron chi connectivity index (χ0n) is 19.6. The SMILES string of the molecule is CC[C@H](CCNC(=O)CCCN1C(=O)c2ccccc2N2C(=O)CC[C@]12C)N1CCCC1=O. The van der Waals surface area contributed by atoms with Crippen molar-refractivity contribution in [3.05, 3.63) is 29.8 Å². The molecular formula is C25H34N4O4. The first-order valence-corrected chi connectivity index (χ1v) is 12.2. The van der Waals surface area contributed by atoms with Gasteiger partial charge in [0, 0.05) is 44.9 Å². The molecule has 1 N–H and O–H groups in total. The molecule has 0 aromatic heterocycles. The Morgan fingerprint density at radius 1 is 1.15 bits per heavy atom. The summed E-state index contributed by atoms with van der Waals surface area (Å²) in [7, 11) is 0. The van der Waals surface area contributed by atoms with Crippen molar-refractivity contribution in [2.45, 2.75) is 76.9 Å². The van der Waals surface area contributed by atoms with Gasteiger partial charge in [0.15, 0.2) is 0 Å². The third kappa shape index (κ3) is 4.35. The predicted octanol–water partition coefficient (Wildman–Crippen LogP) is 2.67. The molecule has 0 aliphatic carbocycles. The first-order valence-electron chi connectivity index (χ1n) is 12.2. The number of benzene rings is 1. The lowest BCUT2D eigenvalue weighted by Crippen LogP contribution is -2.62. The van der Waals surface area contributed by atoms with Gasteiger partial charge in [-0.3, -0.25) is 24.1 Å². The van der Waals surface area contributed by atoms with Gasteiger partial charge in [-0.2, -0.15) is 0 Å². The fraction of sp³-hybridized carbons (Fsp3) is 0.600. The van der Waals surface area contributed by atoms with Crippen LogP contribution in [0, 0.1) is 0 Å². The topological polar surface area (TPSA) is 90.0 Å². The number of nitrogens with one attached hydrogen (secondary N) is 1. The Morgan fingerprint density at radius 2 is 1.94 bits per heavy atom. The number of carbonyl (C=O) groups is 4. The van der Waals surface area contributed by atoms with Crippen molar-refractivity contribution in [2.75, 3.05) is 24.5 Å². The van der Waals surface area contributed by atoms with Gasteiger partial charge in [-0.05, 0) is 51.2 Å². The summed E-state index contributed by atoms with van der Waals surface area (Å²) in [6.45, 7) is 5.79. The van der Waals surface area contributed by atoms with Gasteiger partial charge in [0.05, 0.1) is 11.3 Å². The van der Waals surface area contributed by atoms with E-state index in [1.165, 1.54) is 0 Å². The molecule has 3 aliphatic rings. The van der Waals surface area contributed by atoms with Crippen LogP contribution in [0.25, 0.3) is 0 Å². The van der Waals surface area contributed by atoms with E-state index in [0.717, 1.165) is 25.8 Å². The standard InChI is InChI=1S/C25H34N4O4/c1-3-18(27-16-7-11-22(27)31)13-15-26-21(30)10-6-17-28-24(33)19-8-4-5-9-20(19)29-23(32)12-14-25(28,29)2/h4-5,8-9,18H,3,6-7,10-17H2,1-2H3,(H,26,30)/t18-,25-/m1/s1. The van der Waals surface area contributed by atoms with E-state index < -0.39 is 5.66 Å². The average molecular weight is 455 g/mol. The maximum absolute atomic E-state index is 13.2. The van der Waals surface area contributed by atoms with Crippen molar-refractivity contribution in [3.63, 3.8) is 0 Å². The van der Waals surface area contributed by atoms with Crippen molar-refractivity contribution in [1.82, 2.24) is 15.1 Å². The number of amides is 4. The Balaban J connectivity index is 1.30. The molecule has 4 rings (SSSR count). The van der Waals surface area contributed by atoms with E-state index in [9.17, 15) is 19.2 Å². The average Bonchev–Trinajstić information content (AvgIpc) is 3.36. The lowest BCUT2D eigenvalue weighted by molar-refractivity contribution is -0.129. The second-order valence-electron chi connectivity index (χ2n) is 9.42. The highest BCUT2D eigenvalue weighted by atomic mass is 16.2. The summed E-state index contributed by atoms with van der Waals surface area (Å²) in [5.74, 6) is 0.114. The highest BCUT2D eigenvalue weighted by Gasteiger charge is 2.52. The number of nitrogens with zero attached hydrogens (tertiary/aromatic N) is 3. The van der Waals surface area contributed by atoms with Crippen molar-refractivity contribution < 1.29 is 19.2 Å². The molecule has 4 amide bonds. The van der Waals surface area contributed by atoms with E-state index in [2.05, 4.69) is 12.2 Å². The smallest absolute Gasteiger partial charge is 0.257 e. The Kier molecular flexibility index (Phi) is 6.72. The molecule has 2 atom stereocenters. The molecule has 178 valence electrons. The van der Waals surface area contributed by atoms with Crippen LogP contribution in [0.2, 0.25) is 0 Å². The maximum atomic E-state index is 13.2. The summed E-state index contributed by atoms with van der Waals surface area (Å²) < 4.78 is 0. The van der Waals surface area contributed by atoms with Crippen molar-refractivity contribution in [1.29, 1.82) is 0 Å². The van der Waals surface area contributed by atoms with Gasteiger partial charge in [-0.15, -0.1) is 0 Å². The quantitative estimate of drug-likeness (QED) is 0.621. The molecule has 3 heterocycles. The number of rotatable bonds is 9. The van der Waals surface area contributed by atoms with Crippen LogP contribution in [0.4, 0.5) is 5.69 Å². The second-order valence-corrected chi connectivity index (χ2v) is 9.42. The Morgan fingerprint density at radius 3 is 2.67 bits per heavy atom. The summed E-state index contributed by atoms with van der Waals surface area (Å²) in [5, 5.41) is 2.97. The molecule has 0 spiro atoms. The number of hydrogen-bond acceptors (Lipinski definition) is 4. The highest BCUT2D eigenvalue weighted by molar-refractivity contribution is 6.10. The lowest BCUT2D eigenvalue weighted by atomic mass is 9.98. The van der Waals surface area contributed by atoms with Gasteiger partial charge < -0.3 is 15.1 Å². The third-order valence-electron chi connectivity index (χ3n) is 7.35. The maximum Gasteiger partial charge on any atom is 0.257 e. The van der Waals surface area contributed by atoms with E-state index in [-0.39, 0.29) is 29.7 Å². The van der Waals surface area contributed by atoms with Crippen LogP contribution in [-0.4, -0.2) is 64.8 Å². The molecule has 0 radical (unpaired) electrons. The molecule has 2 saturated heterocycles. The molecule has 1 aromatic carbocycles. The van der Waals surface area contributed by atoms with E-state index in [1.54, 1.807) is 15.9 Å². The minimum Gasteiger partial charge on any atom is -0.356 e. The van der Waals surface area contributed by atoms with Crippen LogP contribution in [0.5, 0.6) is 0 Å². The van der Waals surface area contributed by atoms with E-state index in [0.29, 0.717) is 56.4 Å². The Labute approximate surface area is 195 Å². The minimum atomic E-state index is -0.685. The minimum absolute atomic E-state index is 0.0298. The largest absolute Gasteiger partial charge is 0.356 e. The fourth-order valence-electron chi connectivity index (χ4n) is 5.54. The van der Waals surface area contributed by atoms with Crippen LogP contribution in [0.3, 0.4) is 0 Å². The van der Waals surface area contributed by atoms with Crippen LogP contribution in [-0.2, 0) is 14.4 Å². The zero-order valence-corrected chi connectivity index (χ0v) is 19.6. The molecule has 0 bridgehead atoms. The van der Waals surface area contributed by atoms with Gasteiger partial charge in [-0.25, -0.2) is 0 Å². The van der Waals surface area contributed by atoms with Crippen LogP contribution >= 0.6 is 0 Å². The lowest BCUT2D eigenvalue weighted by Gasteiger charge is -2.48. The molecule has 8 nitrogen and oxygen atoms in total. The fourth-order valence-corrected chi connectivity index (χ4v) is 5.54. The van der Waals surface area contributed by atoms with E-state index in [1.807, 2.05) is 30.0 Å². The van der Waals surface area contributed by atoms with Gasteiger partial charge >= 0.3 is 0 Å². The van der Waals surface area contributed by atoms with Crippen molar-refractivity contribution >= 4 is 29.3 Å². The summed E-state index contributed by atoms with van der Waals surface area (Å²) in [4.78, 5) is 55.7. The van der Waals surface area contributed by atoms with Crippen LogP contribution in [0.1, 0.15) is 75.6 Å². The highest BCUT2D eigenvalue weighted by Crippen LogP contribution is 2.44. The zero-order chi connectivity index (χ0) is 23.6. The Hall–Kier alpha value is -2.90. The number of fused-ring (bicyclic) bond motifs is 3. The number of carbonyl (C=O) groups excluding carboxylic acids is 4. The van der Waals surface area contributed by atoms with Crippen LogP contribution in [0.15, 0.2) is 24.3 Å². The monoisotopic (exact) mass is 454 g/mol. The van der Waals surface area contributed by atoms with Gasteiger partial charge in [0.1, 0.15) is 5.66 Å². The number of likely N-dealkylation sites (tertiary alicyclic amines) is 1. The number of anilines is 1. The summed E-state index contributed by atoms with van der Waals surface area (Å²) in [6, 6.07) is 7.43. The summed E-state index contributed by atoms with van der Waals surface area (Å²) in [5.41, 5.74) is 0.537. The number of hydrogen-bond donors (Lipinski definition) is 1. The van der Waals surface area contributed by atoms with Crippen molar-refractivity contribution in [2.24, 2.45) is 0 Å². The third-order valence-corrected chi connectivity index (χ3v) is 7.35. The van der Waals surface area contributed by atoms with Crippen molar-refractivity contribution in [3.8, 4) is 0 Å². The second kappa shape index (κ2) is 9.53. The summed E-state index contributed by atoms with van der Waals surface area (Å²) >= 11 is 0. The van der Waals surface area contributed by atoms with Gasteiger partial charge in [0.2, 0.25) is 17.7 Å². The summed E-state index contributed by atoms with van der Waals surface area (Å²) in [6.07, 6.45) is 5.03. The first-order chi connectivity index (χ1) is 15.9. The molecule has 8 heteroatoms. The first kappa shape index (κ1) is 23.3. The molecule has 2 fully saturated rings. The Bertz CT molecular complexity index is 948. The van der Waals surface area contributed by atoms with E-state index in [4.69, 9.17) is 0 Å². The number of para-hydroxylation sites is 1. The van der Waals surface area contributed by atoms with Gasteiger partial charge in [0.25, 0.3) is 5.91 Å². The molecule has 0 saturated carbocycles. The molecule has 0 unspecified atom stereocenters. The molecule has 33 heavy (non-hydrogen) atoms. The van der Waals surface area contributed by atoms with Gasteiger partial charge in [-0.1, -0.05) is 19.1 Å².